The molecule has 15 heavy (non-hydrogen) atoms. The zero-order valence-electron chi connectivity index (χ0n) is 8.00. The van der Waals surface area contributed by atoms with E-state index in [1.54, 1.807) is 6.07 Å². The zero-order chi connectivity index (χ0) is 11.4. The molecule has 1 rings (SSSR count). The lowest BCUT2D eigenvalue weighted by molar-refractivity contribution is 0.145. The predicted octanol–water partition coefficient (Wildman–Crippen LogP) is 1.36. The molecule has 0 fully saturated rings. The fourth-order valence-corrected chi connectivity index (χ4v) is 1.20. The van der Waals surface area contributed by atoms with Crippen LogP contribution in [0.1, 0.15) is 23.1 Å². The molecule has 0 saturated heterocycles. The van der Waals surface area contributed by atoms with E-state index in [9.17, 15) is 8.78 Å². The Morgan fingerprint density at radius 3 is 2.73 bits per heavy atom. The van der Waals surface area contributed by atoms with Crippen LogP contribution in [0.15, 0.2) is 6.20 Å². The van der Waals surface area contributed by atoms with Crippen LogP contribution < -0.4 is 10.5 Å². The number of ether oxygens (including phenoxy) is 1. The van der Waals surface area contributed by atoms with Crippen molar-refractivity contribution in [3.63, 3.8) is 0 Å². The standard InChI is InChI=1S/C9H9F2N3O/c1-15-9-7(8(10)11)6(3-13)5(2-12)4-14-9/h4,8H,2,12H2,1H3. The molecule has 0 aliphatic carbocycles. The third kappa shape index (κ3) is 2.02. The number of halogens is 2. The van der Waals surface area contributed by atoms with Gasteiger partial charge in [0.25, 0.3) is 6.43 Å². The fourth-order valence-electron chi connectivity index (χ4n) is 1.20. The molecule has 0 radical (unpaired) electrons. The molecule has 0 aliphatic rings. The molecular weight excluding hydrogens is 204 g/mol. The number of pyridine rings is 1. The molecule has 1 aromatic rings. The molecule has 1 aromatic heterocycles. The molecule has 0 saturated carbocycles. The summed E-state index contributed by atoms with van der Waals surface area (Å²) in [6.07, 6.45) is -1.54. The SMILES string of the molecule is COc1ncc(CN)c(C#N)c1C(F)F. The first-order valence-electron chi connectivity index (χ1n) is 4.09. The lowest BCUT2D eigenvalue weighted by Gasteiger charge is -2.10. The molecule has 4 nitrogen and oxygen atoms in total. The summed E-state index contributed by atoms with van der Waals surface area (Å²) in [7, 11) is 1.22. The maximum atomic E-state index is 12.7. The number of nitriles is 1. The molecule has 6 heteroatoms. The van der Waals surface area contributed by atoms with Crippen molar-refractivity contribution < 1.29 is 13.5 Å². The average Bonchev–Trinajstić information content (AvgIpc) is 2.26. The Balaban J connectivity index is 3.46. The van der Waals surface area contributed by atoms with Gasteiger partial charge in [0.2, 0.25) is 5.88 Å². The number of alkyl halides is 2. The highest BCUT2D eigenvalue weighted by Gasteiger charge is 2.22. The molecule has 0 amide bonds. The monoisotopic (exact) mass is 213 g/mol. The summed E-state index contributed by atoms with van der Waals surface area (Å²) >= 11 is 0. The number of nitrogens with two attached hydrogens (primary N) is 1. The summed E-state index contributed by atoms with van der Waals surface area (Å²) in [6.45, 7) is -0.0143. The van der Waals surface area contributed by atoms with Crippen molar-refractivity contribution in [2.24, 2.45) is 5.73 Å². The van der Waals surface area contributed by atoms with E-state index in [1.807, 2.05) is 0 Å². The lowest BCUT2D eigenvalue weighted by atomic mass is 10.1. The van der Waals surface area contributed by atoms with Gasteiger partial charge >= 0.3 is 0 Å². The largest absolute Gasteiger partial charge is 0.481 e. The number of hydrogen-bond donors (Lipinski definition) is 1. The van der Waals surface area contributed by atoms with E-state index in [4.69, 9.17) is 11.0 Å². The van der Waals surface area contributed by atoms with Gasteiger partial charge in [-0.15, -0.1) is 0 Å². The van der Waals surface area contributed by atoms with Crippen LogP contribution in [-0.4, -0.2) is 12.1 Å². The Labute approximate surface area is 85.3 Å². The van der Waals surface area contributed by atoms with E-state index < -0.39 is 12.0 Å². The van der Waals surface area contributed by atoms with Gasteiger partial charge in [0.05, 0.1) is 18.2 Å². The van der Waals surface area contributed by atoms with Gasteiger partial charge < -0.3 is 10.5 Å². The highest BCUT2D eigenvalue weighted by molar-refractivity contribution is 5.48. The van der Waals surface area contributed by atoms with Crippen LogP contribution in [0.3, 0.4) is 0 Å². The summed E-state index contributed by atoms with van der Waals surface area (Å²) in [5.74, 6) is -0.237. The Morgan fingerprint density at radius 2 is 2.33 bits per heavy atom. The third-order valence-electron chi connectivity index (χ3n) is 1.90. The van der Waals surface area contributed by atoms with Crippen LogP contribution in [0.2, 0.25) is 0 Å². The first-order chi connectivity index (χ1) is 7.15. The maximum absolute atomic E-state index is 12.7. The van der Waals surface area contributed by atoms with Crippen molar-refractivity contribution in [1.82, 2.24) is 4.98 Å². The number of methoxy groups -OCH3 is 1. The van der Waals surface area contributed by atoms with Crippen LogP contribution in [0.25, 0.3) is 0 Å². The van der Waals surface area contributed by atoms with Crippen LogP contribution in [0.5, 0.6) is 5.88 Å². The van der Waals surface area contributed by atoms with E-state index in [2.05, 4.69) is 9.72 Å². The summed E-state index contributed by atoms with van der Waals surface area (Å²) in [5.41, 5.74) is 4.95. The summed E-state index contributed by atoms with van der Waals surface area (Å²) < 4.78 is 30.0. The molecule has 0 spiro atoms. The normalized spacial score (nSPS) is 10.1. The van der Waals surface area contributed by atoms with Crippen molar-refractivity contribution in [1.29, 1.82) is 5.26 Å². The van der Waals surface area contributed by atoms with Crippen molar-refractivity contribution in [3.8, 4) is 11.9 Å². The van der Waals surface area contributed by atoms with Gasteiger partial charge in [-0.2, -0.15) is 5.26 Å². The summed E-state index contributed by atoms with van der Waals surface area (Å²) in [5, 5.41) is 8.78. The van der Waals surface area contributed by atoms with Gasteiger partial charge in [-0.3, -0.25) is 0 Å². The van der Waals surface area contributed by atoms with E-state index in [0.29, 0.717) is 0 Å². The quantitative estimate of drug-likeness (QED) is 0.822. The summed E-state index contributed by atoms with van der Waals surface area (Å²) in [6, 6.07) is 1.69. The van der Waals surface area contributed by atoms with Crippen LogP contribution in [0, 0.1) is 11.3 Å². The second kappa shape index (κ2) is 4.66. The second-order valence-corrected chi connectivity index (χ2v) is 2.70. The minimum absolute atomic E-state index is 0.0143. The Morgan fingerprint density at radius 1 is 1.67 bits per heavy atom. The second-order valence-electron chi connectivity index (χ2n) is 2.70. The molecule has 1 heterocycles. The molecule has 0 atom stereocenters. The Bertz CT molecular complexity index is 401. The number of aromatic nitrogens is 1. The number of hydrogen-bond acceptors (Lipinski definition) is 4. The summed E-state index contributed by atoms with van der Waals surface area (Å²) in [4.78, 5) is 3.66. The fraction of sp³-hybridized carbons (Fsp3) is 0.333. The molecule has 0 unspecified atom stereocenters. The average molecular weight is 213 g/mol. The van der Waals surface area contributed by atoms with Gasteiger partial charge in [0.1, 0.15) is 6.07 Å². The first kappa shape index (κ1) is 11.3. The minimum atomic E-state index is -2.81. The van der Waals surface area contributed by atoms with Gasteiger partial charge in [-0.1, -0.05) is 0 Å². The van der Waals surface area contributed by atoms with Crippen molar-refractivity contribution in [2.45, 2.75) is 13.0 Å². The molecule has 80 valence electrons. The van der Waals surface area contributed by atoms with E-state index in [1.165, 1.54) is 13.3 Å². The molecule has 2 N–H and O–H groups in total. The smallest absolute Gasteiger partial charge is 0.270 e. The minimum Gasteiger partial charge on any atom is -0.481 e. The van der Waals surface area contributed by atoms with Crippen LogP contribution in [0.4, 0.5) is 8.78 Å². The lowest BCUT2D eigenvalue weighted by Crippen LogP contribution is -2.06. The first-order valence-corrected chi connectivity index (χ1v) is 4.09. The van der Waals surface area contributed by atoms with Gasteiger partial charge in [0.15, 0.2) is 0 Å². The maximum Gasteiger partial charge on any atom is 0.270 e. The van der Waals surface area contributed by atoms with Gasteiger partial charge in [-0.25, -0.2) is 13.8 Å². The Kier molecular flexibility index (Phi) is 3.52. The van der Waals surface area contributed by atoms with Crippen molar-refractivity contribution >= 4 is 0 Å². The van der Waals surface area contributed by atoms with Crippen LogP contribution in [-0.2, 0) is 6.54 Å². The van der Waals surface area contributed by atoms with E-state index >= 15 is 0 Å². The van der Waals surface area contributed by atoms with Crippen molar-refractivity contribution in [2.75, 3.05) is 7.11 Å². The van der Waals surface area contributed by atoms with Crippen molar-refractivity contribution in [3.05, 3.63) is 22.9 Å². The number of rotatable bonds is 3. The molecule has 0 aliphatic heterocycles. The highest BCUT2D eigenvalue weighted by atomic mass is 19.3. The number of nitrogens with zero attached hydrogens (tertiary/aromatic N) is 2. The van der Waals surface area contributed by atoms with E-state index in [0.717, 1.165) is 0 Å². The highest BCUT2D eigenvalue weighted by Crippen LogP contribution is 2.31. The van der Waals surface area contributed by atoms with E-state index in [-0.39, 0.29) is 23.6 Å². The molecular formula is C9H9F2N3O. The predicted molar refractivity (Wildman–Crippen MR) is 48.4 cm³/mol. The molecule has 0 bridgehead atoms. The zero-order valence-corrected chi connectivity index (χ0v) is 8.00. The topological polar surface area (TPSA) is 71.9 Å². The molecule has 0 aromatic carbocycles. The van der Waals surface area contributed by atoms with Gasteiger partial charge in [-0.05, 0) is 0 Å². The van der Waals surface area contributed by atoms with Crippen LogP contribution >= 0.6 is 0 Å². The third-order valence-corrected chi connectivity index (χ3v) is 1.90. The van der Waals surface area contributed by atoms with Gasteiger partial charge in [0, 0.05) is 18.3 Å². The Hall–Kier alpha value is -1.74.